The third-order valence-electron chi connectivity index (χ3n) is 3.46. The second-order valence-corrected chi connectivity index (χ2v) is 4.77. The number of nitrogens with one attached hydrogen (secondary N) is 2. The van der Waals surface area contributed by atoms with Crippen molar-refractivity contribution < 1.29 is 4.79 Å². The molecular weight excluding hydrogens is 228 g/mol. The summed E-state index contributed by atoms with van der Waals surface area (Å²) in [5, 5.41) is 9.92. The van der Waals surface area contributed by atoms with E-state index >= 15 is 0 Å². The molecule has 0 radical (unpaired) electrons. The number of amides is 1. The van der Waals surface area contributed by atoms with Gasteiger partial charge in [-0.15, -0.1) is 0 Å². The normalized spacial score (nSPS) is 15.1. The lowest BCUT2D eigenvalue weighted by Crippen LogP contribution is -2.34. The monoisotopic (exact) mass is 250 g/mol. The van der Waals surface area contributed by atoms with Crippen LogP contribution in [0.15, 0.2) is 6.07 Å². The summed E-state index contributed by atoms with van der Waals surface area (Å²) in [6.45, 7) is 7.84. The van der Waals surface area contributed by atoms with Crippen LogP contribution in [0.4, 0.5) is 0 Å². The zero-order chi connectivity index (χ0) is 13.0. The molecule has 1 aliphatic carbocycles. The van der Waals surface area contributed by atoms with E-state index in [-0.39, 0.29) is 5.91 Å². The molecular formula is C13H22N4O. The number of aromatic amines is 1. The summed E-state index contributed by atoms with van der Waals surface area (Å²) < 4.78 is 0. The Hall–Kier alpha value is -1.36. The molecule has 0 unspecified atom stereocenters. The van der Waals surface area contributed by atoms with Gasteiger partial charge in [0.05, 0.1) is 0 Å². The largest absolute Gasteiger partial charge is 0.349 e. The van der Waals surface area contributed by atoms with Crippen LogP contribution in [0.3, 0.4) is 0 Å². The smallest absolute Gasteiger partial charge is 0.271 e. The number of carbonyl (C=O) groups excluding carboxylic acids is 1. The molecule has 1 heterocycles. The molecule has 1 fully saturated rings. The van der Waals surface area contributed by atoms with Crippen molar-refractivity contribution >= 4 is 5.91 Å². The van der Waals surface area contributed by atoms with Gasteiger partial charge in [0.1, 0.15) is 5.69 Å². The van der Waals surface area contributed by atoms with E-state index in [2.05, 4.69) is 34.3 Å². The fourth-order valence-corrected chi connectivity index (χ4v) is 2.01. The van der Waals surface area contributed by atoms with Crippen LogP contribution in [0.25, 0.3) is 0 Å². The van der Waals surface area contributed by atoms with Gasteiger partial charge < -0.3 is 10.2 Å². The third kappa shape index (κ3) is 3.32. The van der Waals surface area contributed by atoms with Crippen molar-refractivity contribution in [1.82, 2.24) is 20.4 Å². The summed E-state index contributed by atoms with van der Waals surface area (Å²) in [7, 11) is 0. The van der Waals surface area contributed by atoms with Crippen LogP contribution in [-0.2, 0) is 0 Å². The average molecular weight is 250 g/mol. The Morgan fingerprint density at radius 2 is 2.22 bits per heavy atom. The van der Waals surface area contributed by atoms with Crippen molar-refractivity contribution in [2.75, 3.05) is 26.2 Å². The molecule has 5 heteroatoms. The molecule has 2 rings (SSSR count). The number of carbonyl (C=O) groups is 1. The van der Waals surface area contributed by atoms with E-state index in [0.717, 1.165) is 25.3 Å². The first-order valence-electron chi connectivity index (χ1n) is 6.80. The van der Waals surface area contributed by atoms with Crippen molar-refractivity contribution in [2.24, 2.45) is 0 Å². The maximum Gasteiger partial charge on any atom is 0.271 e. The minimum absolute atomic E-state index is 0.0784. The van der Waals surface area contributed by atoms with Gasteiger partial charge in [-0.3, -0.25) is 9.89 Å². The molecule has 1 aromatic rings. The second kappa shape index (κ2) is 6.00. The van der Waals surface area contributed by atoms with Gasteiger partial charge in [0, 0.05) is 24.7 Å². The van der Waals surface area contributed by atoms with Crippen molar-refractivity contribution in [3.05, 3.63) is 17.5 Å². The van der Waals surface area contributed by atoms with Crippen molar-refractivity contribution in [3.8, 4) is 0 Å². The molecule has 1 aliphatic rings. The summed E-state index contributed by atoms with van der Waals surface area (Å²) >= 11 is 0. The standard InChI is InChI=1S/C13H22N4O/c1-3-17(4-2)8-7-14-13(18)12-9-11(15-16-12)10-5-6-10/h9-10H,3-8H2,1-2H3,(H,14,18)(H,15,16). The number of rotatable bonds is 7. The summed E-state index contributed by atoms with van der Waals surface area (Å²) in [5.74, 6) is 0.528. The lowest BCUT2D eigenvalue weighted by molar-refractivity contribution is 0.0944. The number of H-pyrrole nitrogens is 1. The molecule has 1 saturated carbocycles. The van der Waals surface area contributed by atoms with Crippen LogP contribution in [0.1, 0.15) is 48.8 Å². The fourth-order valence-electron chi connectivity index (χ4n) is 2.01. The van der Waals surface area contributed by atoms with E-state index in [1.807, 2.05) is 6.07 Å². The summed E-state index contributed by atoms with van der Waals surface area (Å²) in [4.78, 5) is 14.1. The van der Waals surface area contributed by atoms with Crippen LogP contribution in [0, 0.1) is 0 Å². The van der Waals surface area contributed by atoms with Gasteiger partial charge in [-0.1, -0.05) is 13.8 Å². The molecule has 0 aromatic carbocycles. The Kier molecular flexibility index (Phi) is 4.36. The lowest BCUT2D eigenvalue weighted by atomic mass is 10.2. The Balaban J connectivity index is 1.76. The molecule has 0 aliphatic heterocycles. The molecule has 2 N–H and O–H groups in total. The SMILES string of the molecule is CCN(CC)CCNC(=O)c1cc(C2CC2)[nH]n1. The van der Waals surface area contributed by atoms with Crippen LogP contribution >= 0.6 is 0 Å². The number of hydrogen-bond donors (Lipinski definition) is 2. The number of aromatic nitrogens is 2. The zero-order valence-electron chi connectivity index (χ0n) is 11.2. The zero-order valence-corrected chi connectivity index (χ0v) is 11.2. The molecule has 0 bridgehead atoms. The van der Waals surface area contributed by atoms with Gasteiger partial charge in [-0.25, -0.2) is 0 Å². The van der Waals surface area contributed by atoms with Gasteiger partial charge in [0.2, 0.25) is 0 Å². The Labute approximate surface area is 108 Å². The lowest BCUT2D eigenvalue weighted by Gasteiger charge is -2.17. The number of hydrogen-bond acceptors (Lipinski definition) is 3. The summed E-state index contributed by atoms with van der Waals surface area (Å²) in [6.07, 6.45) is 2.43. The van der Waals surface area contributed by atoms with E-state index < -0.39 is 0 Å². The maximum atomic E-state index is 11.8. The summed E-state index contributed by atoms with van der Waals surface area (Å²) in [5.41, 5.74) is 1.61. The quantitative estimate of drug-likeness (QED) is 0.768. The van der Waals surface area contributed by atoms with Crippen molar-refractivity contribution in [3.63, 3.8) is 0 Å². The maximum absolute atomic E-state index is 11.8. The number of nitrogens with zero attached hydrogens (tertiary/aromatic N) is 2. The average Bonchev–Trinajstić information content (AvgIpc) is 3.12. The van der Waals surface area contributed by atoms with Gasteiger partial charge in [-0.05, 0) is 32.0 Å². The molecule has 1 aromatic heterocycles. The molecule has 0 atom stereocenters. The molecule has 0 spiro atoms. The topological polar surface area (TPSA) is 61.0 Å². The van der Waals surface area contributed by atoms with Gasteiger partial charge >= 0.3 is 0 Å². The van der Waals surface area contributed by atoms with Crippen LogP contribution in [-0.4, -0.2) is 47.2 Å². The molecule has 100 valence electrons. The van der Waals surface area contributed by atoms with E-state index in [1.165, 1.54) is 12.8 Å². The highest BCUT2D eigenvalue weighted by Gasteiger charge is 2.26. The number of likely N-dealkylation sites (N-methyl/N-ethyl adjacent to an activating group) is 1. The highest BCUT2D eigenvalue weighted by molar-refractivity contribution is 5.92. The van der Waals surface area contributed by atoms with E-state index in [9.17, 15) is 4.79 Å². The first kappa shape index (κ1) is 13.1. The first-order valence-corrected chi connectivity index (χ1v) is 6.80. The minimum atomic E-state index is -0.0784. The highest BCUT2D eigenvalue weighted by Crippen LogP contribution is 2.38. The predicted octanol–water partition coefficient (Wildman–Crippen LogP) is 1.36. The van der Waals surface area contributed by atoms with Gasteiger partial charge in [0.25, 0.3) is 5.91 Å². The van der Waals surface area contributed by atoms with E-state index in [1.54, 1.807) is 0 Å². The predicted molar refractivity (Wildman–Crippen MR) is 70.7 cm³/mol. The molecule has 18 heavy (non-hydrogen) atoms. The van der Waals surface area contributed by atoms with Crippen LogP contribution in [0.2, 0.25) is 0 Å². The summed E-state index contributed by atoms with van der Waals surface area (Å²) in [6, 6.07) is 1.88. The Bertz CT molecular complexity index is 393. The van der Waals surface area contributed by atoms with Crippen LogP contribution in [0.5, 0.6) is 0 Å². The van der Waals surface area contributed by atoms with E-state index in [4.69, 9.17) is 0 Å². The van der Waals surface area contributed by atoms with Crippen molar-refractivity contribution in [1.29, 1.82) is 0 Å². The highest BCUT2D eigenvalue weighted by atomic mass is 16.1. The molecule has 5 nitrogen and oxygen atoms in total. The van der Waals surface area contributed by atoms with E-state index in [0.29, 0.717) is 18.2 Å². The van der Waals surface area contributed by atoms with Gasteiger partial charge in [-0.2, -0.15) is 5.10 Å². The second-order valence-electron chi connectivity index (χ2n) is 4.77. The van der Waals surface area contributed by atoms with Crippen molar-refractivity contribution in [2.45, 2.75) is 32.6 Å². The fraction of sp³-hybridized carbons (Fsp3) is 0.692. The molecule has 0 saturated heterocycles. The molecule has 1 amide bonds. The first-order chi connectivity index (χ1) is 8.74. The Morgan fingerprint density at radius 3 is 2.83 bits per heavy atom. The Morgan fingerprint density at radius 1 is 1.50 bits per heavy atom. The minimum Gasteiger partial charge on any atom is -0.349 e. The van der Waals surface area contributed by atoms with Crippen LogP contribution < -0.4 is 5.32 Å². The third-order valence-corrected chi connectivity index (χ3v) is 3.46. The van der Waals surface area contributed by atoms with Gasteiger partial charge in [0.15, 0.2) is 0 Å².